The summed E-state index contributed by atoms with van der Waals surface area (Å²) in [6.45, 7) is 43.3. The van der Waals surface area contributed by atoms with Gasteiger partial charge in [0.05, 0.1) is 11.4 Å². The first-order valence-electron chi connectivity index (χ1n) is 33.6. The van der Waals surface area contributed by atoms with E-state index in [1.807, 2.05) is 98.3 Å². The van der Waals surface area contributed by atoms with Gasteiger partial charge in [0.2, 0.25) is 10.9 Å². The molecule has 2 unspecified atom stereocenters. The molecular formula is C79H140N8O8. The standard InChI is InChI=1S/C16H19NO2.C15H17NO2.C9H13NO2.2C9H20.C8H11NO2.2C4H10N2.5CH4/c1-3-10-17-11-9-15(18)16(13(17)2)19-12-14-7-5-4-6-8-14;1-2-10-16-11-6-9-14(15(16)17)18-12-13-7-4-3-5-8-13;1-3-5-10-6-4-8(11)9(12)7(10)2;2*1-5-9(4)7-6-8(2)3;1-2-5-9-6-3-4-7(10)8(9)11;2*1-2-6-4-3-5-1;;;;;/h4-9,11H,3,10,12H2,1-2H3;3-9,11H,2,10,12H2,1H3;4,6,12H,3,5H2,1-2H3;2*8-9H,5-7H2,1-4H3;3-4,6,10H,2,5H2,1H3;2*5-6H,1-4H2;5*1H4. The first kappa shape index (κ1) is 97.0. The molecule has 6 N–H and O–H groups in total. The van der Waals surface area contributed by atoms with Gasteiger partial charge in [0, 0.05) is 115 Å². The van der Waals surface area contributed by atoms with Crippen LogP contribution >= 0.6 is 0 Å². The van der Waals surface area contributed by atoms with E-state index in [1.165, 1.54) is 55.2 Å². The molecule has 16 heteroatoms. The summed E-state index contributed by atoms with van der Waals surface area (Å²) in [5.41, 5.74) is 2.93. The quantitative estimate of drug-likeness (QED) is 0.0377. The fourth-order valence-electron chi connectivity index (χ4n) is 8.76. The van der Waals surface area contributed by atoms with Crippen LogP contribution in [0, 0.1) is 37.5 Å². The van der Waals surface area contributed by atoms with Crippen LogP contribution in [-0.4, -0.2) is 80.8 Å². The molecule has 0 bridgehead atoms. The second-order valence-electron chi connectivity index (χ2n) is 23.9. The maximum absolute atomic E-state index is 12.0. The number of piperazine rings is 2. The molecule has 0 amide bonds. The van der Waals surface area contributed by atoms with Gasteiger partial charge in [-0.15, -0.1) is 0 Å². The van der Waals surface area contributed by atoms with E-state index in [2.05, 4.69) is 95.1 Å². The third kappa shape index (κ3) is 44.6. The Morgan fingerprint density at radius 2 is 0.768 bits per heavy atom. The van der Waals surface area contributed by atoms with Crippen molar-refractivity contribution in [2.75, 3.05) is 52.4 Å². The van der Waals surface area contributed by atoms with Crippen molar-refractivity contribution in [3.63, 3.8) is 0 Å². The Labute approximate surface area is 578 Å². The van der Waals surface area contributed by atoms with Gasteiger partial charge in [-0.25, -0.2) is 0 Å². The summed E-state index contributed by atoms with van der Waals surface area (Å²) < 4.78 is 18.4. The topological polar surface area (TPSA) is 195 Å². The van der Waals surface area contributed by atoms with Gasteiger partial charge in [0.1, 0.15) is 13.2 Å². The third-order valence-corrected chi connectivity index (χ3v) is 14.9. The second-order valence-corrected chi connectivity index (χ2v) is 23.9. The molecule has 0 radical (unpaired) electrons. The Hall–Kier alpha value is -6.72. The molecule has 2 saturated heterocycles. The van der Waals surface area contributed by atoms with Crippen molar-refractivity contribution in [2.45, 2.75) is 238 Å². The summed E-state index contributed by atoms with van der Waals surface area (Å²) >= 11 is 0. The van der Waals surface area contributed by atoms with Crippen LogP contribution < -0.4 is 52.7 Å². The number of nitrogens with one attached hydrogen (secondary N) is 4. The maximum atomic E-state index is 12.0. The van der Waals surface area contributed by atoms with E-state index in [-0.39, 0.29) is 70.6 Å². The summed E-state index contributed by atoms with van der Waals surface area (Å²) in [5.74, 6) is 4.21. The zero-order valence-corrected chi connectivity index (χ0v) is 58.0. The molecule has 0 spiro atoms. The number of aromatic nitrogens is 4. The second kappa shape index (κ2) is 60.9. The highest BCUT2D eigenvalue weighted by Crippen LogP contribution is 2.17. The van der Waals surface area contributed by atoms with Gasteiger partial charge in [-0.1, -0.05) is 219 Å². The predicted molar refractivity (Wildman–Crippen MR) is 411 cm³/mol. The minimum absolute atomic E-state index is 0. The van der Waals surface area contributed by atoms with Crippen LogP contribution in [0.1, 0.15) is 207 Å². The molecule has 2 atom stereocenters. The molecule has 2 fully saturated rings. The van der Waals surface area contributed by atoms with Crippen molar-refractivity contribution in [1.29, 1.82) is 0 Å². The van der Waals surface area contributed by atoms with Crippen LogP contribution in [0.5, 0.6) is 23.0 Å². The first-order chi connectivity index (χ1) is 43.3. The summed E-state index contributed by atoms with van der Waals surface area (Å²) in [4.78, 5) is 45.9. The summed E-state index contributed by atoms with van der Waals surface area (Å²) in [6, 6.07) is 29.3. The highest BCUT2D eigenvalue weighted by molar-refractivity contribution is 5.28. The Bertz CT molecular complexity index is 2920. The summed E-state index contributed by atoms with van der Waals surface area (Å²) in [5, 5.41) is 31.2. The van der Waals surface area contributed by atoms with Crippen molar-refractivity contribution < 1.29 is 19.7 Å². The fourth-order valence-corrected chi connectivity index (χ4v) is 8.76. The normalized spacial score (nSPS) is 12.2. The van der Waals surface area contributed by atoms with E-state index < -0.39 is 0 Å². The number of pyridine rings is 4. The lowest BCUT2D eigenvalue weighted by molar-refractivity contribution is 0.297. The minimum atomic E-state index is -0.311. The average Bonchev–Trinajstić information content (AvgIpc) is 0.874. The van der Waals surface area contributed by atoms with Crippen LogP contribution in [0.2, 0.25) is 0 Å². The van der Waals surface area contributed by atoms with Crippen molar-refractivity contribution in [3.8, 4) is 23.0 Å². The molecule has 95 heavy (non-hydrogen) atoms. The molecule has 4 aromatic heterocycles. The van der Waals surface area contributed by atoms with E-state index in [1.54, 1.807) is 48.3 Å². The third-order valence-electron chi connectivity index (χ3n) is 14.9. The van der Waals surface area contributed by atoms with Gasteiger partial charge >= 0.3 is 0 Å². The molecule has 8 rings (SSSR count). The number of rotatable bonds is 22. The van der Waals surface area contributed by atoms with Gasteiger partial charge in [0.15, 0.2) is 23.0 Å². The highest BCUT2D eigenvalue weighted by Gasteiger charge is 2.10. The van der Waals surface area contributed by atoms with E-state index in [0.29, 0.717) is 37.0 Å². The molecule has 544 valence electrons. The number of aromatic hydroxyl groups is 2. The van der Waals surface area contributed by atoms with Gasteiger partial charge in [-0.3, -0.25) is 19.2 Å². The maximum Gasteiger partial charge on any atom is 0.292 e. The van der Waals surface area contributed by atoms with Crippen molar-refractivity contribution in [3.05, 3.63) is 186 Å². The van der Waals surface area contributed by atoms with Crippen LogP contribution in [0.15, 0.2) is 141 Å². The largest absolute Gasteiger partial charge is 0.503 e. The van der Waals surface area contributed by atoms with E-state index in [4.69, 9.17) is 14.6 Å². The Kier molecular flexibility index (Phi) is 62.2. The number of ether oxygens (including phenoxy) is 2. The van der Waals surface area contributed by atoms with Crippen molar-refractivity contribution in [1.82, 2.24) is 39.5 Å². The zero-order valence-electron chi connectivity index (χ0n) is 58.0. The van der Waals surface area contributed by atoms with Crippen LogP contribution in [0.3, 0.4) is 0 Å². The number of benzene rings is 2. The van der Waals surface area contributed by atoms with Crippen LogP contribution in [0.25, 0.3) is 0 Å². The number of nitrogens with zero attached hydrogens (tertiary/aromatic N) is 4. The van der Waals surface area contributed by atoms with E-state index in [0.717, 1.165) is 138 Å². The first-order valence-corrected chi connectivity index (χ1v) is 33.6. The minimum Gasteiger partial charge on any atom is -0.503 e. The zero-order chi connectivity index (χ0) is 66.9. The van der Waals surface area contributed by atoms with Gasteiger partial charge in [-0.2, -0.15) is 0 Å². The van der Waals surface area contributed by atoms with E-state index in [9.17, 15) is 24.3 Å². The smallest absolute Gasteiger partial charge is 0.292 e. The number of aryl methyl sites for hydroxylation is 4. The Morgan fingerprint density at radius 1 is 0.411 bits per heavy atom. The fraction of sp³-hybridized carbons (Fsp3) is 0.595. The van der Waals surface area contributed by atoms with Crippen LogP contribution in [0.4, 0.5) is 0 Å². The lowest BCUT2D eigenvalue weighted by Crippen LogP contribution is -2.39. The average molecular weight is 1330 g/mol. The lowest BCUT2D eigenvalue weighted by Gasteiger charge is -2.14. The van der Waals surface area contributed by atoms with Crippen molar-refractivity contribution in [2.24, 2.45) is 23.7 Å². The molecular weight excluding hydrogens is 1190 g/mol. The molecule has 6 aromatic rings. The number of hydrogen-bond donors (Lipinski definition) is 6. The van der Waals surface area contributed by atoms with E-state index >= 15 is 0 Å². The number of hydrogen-bond acceptors (Lipinski definition) is 12. The lowest BCUT2D eigenvalue weighted by atomic mass is 9.98. The molecule has 0 aliphatic carbocycles. The molecule has 2 aliphatic rings. The predicted octanol–water partition coefficient (Wildman–Crippen LogP) is 16.7. The molecule has 0 saturated carbocycles. The van der Waals surface area contributed by atoms with Gasteiger partial charge in [-0.05, 0) is 98.6 Å². The Balaban J connectivity index is -0.000000332. The molecule has 16 nitrogen and oxygen atoms in total. The van der Waals surface area contributed by atoms with Crippen LogP contribution in [-0.2, 0) is 39.4 Å². The molecule has 2 aromatic carbocycles. The Morgan fingerprint density at radius 3 is 1.15 bits per heavy atom. The monoisotopic (exact) mass is 1330 g/mol. The molecule has 6 heterocycles. The van der Waals surface area contributed by atoms with Gasteiger partial charge in [0.25, 0.3) is 11.1 Å². The van der Waals surface area contributed by atoms with Gasteiger partial charge < -0.3 is 59.2 Å². The summed E-state index contributed by atoms with van der Waals surface area (Å²) in [7, 11) is 0. The molecule has 2 aliphatic heterocycles. The highest BCUT2D eigenvalue weighted by atomic mass is 16.5. The van der Waals surface area contributed by atoms with Crippen molar-refractivity contribution >= 4 is 0 Å². The SMILES string of the molecule is C.C.C.C.C.C1CNCCN1.C1CNCCN1.CCC(C)CCC(C)C.CCC(C)CCC(C)C.CCCn1ccc(=O)c(O)c1C.CCCn1ccc(=O)c(OCc2ccccc2)c1C.CCCn1cccc(O)c1=O.CCCn1cccc(OCc2ccccc2)c1=O. The summed E-state index contributed by atoms with van der Waals surface area (Å²) in [6.07, 6.45) is 19.1.